The monoisotopic (exact) mass is 390 g/mol. The van der Waals surface area contributed by atoms with Crippen LogP contribution in [0, 0.1) is 0 Å². The first-order valence-electron chi connectivity index (χ1n) is 7.77. The minimum absolute atomic E-state index is 0.0562. The molecule has 0 saturated carbocycles. The molecule has 0 aromatic carbocycles. The number of sulfonamides is 1. The van der Waals surface area contributed by atoms with Crippen molar-refractivity contribution in [3.8, 4) is 0 Å². The molecule has 0 radical (unpaired) electrons. The number of nitrogen functional groups attached to an aromatic ring is 1. The van der Waals surface area contributed by atoms with E-state index in [-0.39, 0.29) is 42.5 Å². The Morgan fingerprint density at radius 2 is 1.88 bits per heavy atom. The van der Waals surface area contributed by atoms with Crippen molar-refractivity contribution in [1.82, 2.24) is 24.1 Å². The maximum Gasteiger partial charge on any atom is 0.419 e. The van der Waals surface area contributed by atoms with Gasteiger partial charge < -0.3 is 5.73 Å². The molecule has 3 heterocycles. The predicted octanol–water partition coefficient (Wildman–Crippen LogP) is 1.38. The number of aromatic nitrogens is 4. The van der Waals surface area contributed by atoms with Gasteiger partial charge in [-0.15, -0.1) is 0 Å². The minimum Gasteiger partial charge on any atom is -0.368 e. The van der Waals surface area contributed by atoms with Gasteiger partial charge in [0.15, 0.2) is 0 Å². The number of aryl methyl sites for hydroxylation is 1. The van der Waals surface area contributed by atoms with Crippen molar-refractivity contribution in [3.05, 3.63) is 29.8 Å². The highest BCUT2D eigenvalue weighted by molar-refractivity contribution is 7.89. The standard InChI is InChI=1S/C14H17F3N6O2S/c1-22-8-10(6-20-22)26(24,25)23-4-2-9(3-5-23)12-11(14(15,16)17)7-19-13(18)21-12/h6-9H,2-5H2,1H3,(H2,18,19,21). The second-order valence-electron chi connectivity index (χ2n) is 6.05. The summed E-state index contributed by atoms with van der Waals surface area (Å²) in [6, 6.07) is 0. The van der Waals surface area contributed by atoms with Gasteiger partial charge in [-0.2, -0.15) is 22.6 Å². The molecule has 2 aromatic heterocycles. The molecule has 0 atom stereocenters. The fourth-order valence-electron chi connectivity index (χ4n) is 2.99. The molecule has 1 aliphatic heterocycles. The summed E-state index contributed by atoms with van der Waals surface area (Å²) in [6.07, 6.45) is -0.876. The summed E-state index contributed by atoms with van der Waals surface area (Å²) < 4.78 is 67.3. The van der Waals surface area contributed by atoms with Crippen molar-refractivity contribution in [2.24, 2.45) is 7.05 Å². The molecular weight excluding hydrogens is 373 g/mol. The summed E-state index contributed by atoms with van der Waals surface area (Å²) in [5, 5.41) is 3.84. The lowest BCUT2D eigenvalue weighted by Crippen LogP contribution is -2.38. The Hall–Kier alpha value is -2.21. The number of hydrogen-bond donors (Lipinski definition) is 1. The third-order valence-corrected chi connectivity index (χ3v) is 6.15. The van der Waals surface area contributed by atoms with Gasteiger partial charge in [0.1, 0.15) is 4.90 Å². The Kier molecular flexibility index (Phi) is 4.65. The first-order chi connectivity index (χ1) is 12.1. The van der Waals surface area contributed by atoms with Gasteiger partial charge in [-0.25, -0.2) is 18.4 Å². The molecule has 1 saturated heterocycles. The van der Waals surface area contributed by atoms with E-state index in [0.29, 0.717) is 6.20 Å². The minimum atomic E-state index is -4.60. The second kappa shape index (κ2) is 6.50. The van der Waals surface area contributed by atoms with E-state index in [2.05, 4.69) is 15.1 Å². The zero-order valence-corrected chi connectivity index (χ0v) is 14.6. The average Bonchev–Trinajstić information content (AvgIpc) is 3.01. The largest absolute Gasteiger partial charge is 0.419 e. The van der Waals surface area contributed by atoms with Crippen LogP contribution in [-0.2, 0) is 23.2 Å². The fourth-order valence-corrected chi connectivity index (χ4v) is 4.45. The van der Waals surface area contributed by atoms with E-state index in [9.17, 15) is 21.6 Å². The van der Waals surface area contributed by atoms with Crippen molar-refractivity contribution in [2.75, 3.05) is 18.8 Å². The van der Waals surface area contributed by atoms with Crippen LogP contribution in [0.3, 0.4) is 0 Å². The molecule has 8 nitrogen and oxygen atoms in total. The lowest BCUT2D eigenvalue weighted by Gasteiger charge is -2.31. The van der Waals surface area contributed by atoms with E-state index in [4.69, 9.17) is 5.73 Å². The highest BCUT2D eigenvalue weighted by Gasteiger charge is 2.39. The van der Waals surface area contributed by atoms with E-state index in [0.717, 1.165) is 0 Å². The number of nitrogens with two attached hydrogens (primary N) is 1. The molecule has 0 spiro atoms. The van der Waals surface area contributed by atoms with Crippen molar-refractivity contribution >= 4 is 16.0 Å². The SMILES string of the molecule is Cn1cc(S(=O)(=O)N2CCC(c3nc(N)ncc3C(F)(F)F)CC2)cn1. The number of nitrogens with zero attached hydrogens (tertiary/aromatic N) is 5. The first-order valence-corrected chi connectivity index (χ1v) is 9.21. The van der Waals surface area contributed by atoms with Crippen molar-refractivity contribution in [2.45, 2.75) is 29.8 Å². The molecule has 1 fully saturated rings. The molecule has 1 aliphatic rings. The Bertz CT molecular complexity index is 904. The number of hydrogen-bond acceptors (Lipinski definition) is 6. The van der Waals surface area contributed by atoms with Crippen LogP contribution < -0.4 is 5.73 Å². The van der Waals surface area contributed by atoms with E-state index in [1.807, 2.05) is 0 Å². The van der Waals surface area contributed by atoms with Crippen LogP contribution in [0.1, 0.15) is 30.0 Å². The van der Waals surface area contributed by atoms with E-state index < -0.39 is 27.7 Å². The third-order valence-electron chi connectivity index (χ3n) is 4.30. The van der Waals surface area contributed by atoms with Crippen molar-refractivity contribution in [1.29, 1.82) is 0 Å². The molecule has 0 amide bonds. The number of piperidine rings is 1. The highest BCUT2D eigenvalue weighted by Crippen LogP contribution is 2.38. The predicted molar refractivity (Wildman–Crippen MR) is 85.4 cm³/mol. The Balaban J connectivity index is 1.80. The molecule has 0 unspecified atom stereocenters. The molecule has 26 heavy (non-hydrogen) atoms. The Morgan fingerprint density at radius 3 is 2.42 bits per heavy atom. The van der Waals surface area contributed by atoms with Gasteiger partial charge in [0.05, 0.1) is 17.5 Å². The van der Waals surface area contributed by atoms with Gasteiger partial charge in [-0.3, -0.25) is 4.68 Å². The normalized spacial score (nSPS) is 17.5. The van der Waals surface area contributed by atoms with Gasteiger partial charge in [-0.05, 0) is 12.8 Å². The number of anilines is 1. The number of alkyl halides is 3. The summed E-state index contributed by atoms with van der Waals surface area (Å²) in [5.41, 5.74) is 4.34. The van der Waals surface area contributed by atoms with Crippen LogP contribution >= 0.6 is 0 Å². The van der Waals surface area contributed by atoms with Crippen LogP contribution in [0.5, 0.6) is 0 Å². The van der Waals surface area contributed by atoms with E-state index >= 15 is 0 Å². The molecule has 3 rings (SSSR count). The second-order valence-corrected chi connectivity index (χ2v) is 7.99. The van der Waals surface area contributed by atoms with Crippen LogP contribution in [0.4, 0.5) is 19.1 Å². The Labute approximate surface area is 147 Å². The molecule has 2 aromatic rings. The first kappa shape index (κ1) is 18.6. The summed E-state index contributed by atoms with van der Waals surface area (Å²) in [7, 11) is -2.12. The van der Waals surface area contributed by atoms with Gasteiger partial charge in [-0.1, -0.05) is 0 Å². The van der Waals surface area contributed by atoms with E-state index in [1.54, 1.807) is 7.05 Å². The van der Waals surface area contributed by atoms with Crippen molar-refractivity contribution in [3.63, 3.8) is 0 Å². The smallest absolute Gasteiger partial charge is 0.368 e. The highest BCUT2D eigenvalue weighted by atomic mass is 32.2. The van der Waals surface area contributed by atoms with Crippen LogP contribution in [0.15, 0.2) is 23.5 Å². The lowest BCUT2D eigenvalue weighted by atomic mass is 9.91. The maximum absolute atomic E-state index is 13.2. The zero-order chi connectivity index (χ0) is 19.1. The molecule has 142 valence electrons. The van der Waals surface area contributed by atoms with Gasteiger partial charge >= 0.3 is 6.18 Å². The zero-order valence-electron chi connectivity index (χ0n) is 13.8. The number of rotatable bonds is 3. The van der Waals surface area contributed by atoms with Crippen LogP contribution in [0.25, 0.3) is 0 Å². The van der Waals surface area contributed by atoms with Crippen molar-refractivity contribution < 1.29 is 21.6 Å². The summed E-state index contributed by atoms with van der Waals surface area (Å²) in [5.74, 6) is -0.782. The molecule has 2 N–H and O–H groups in total. The Morgan fingerprint density at radius 1 is 1.23 bits per heavy atom. The fraction of sp³-hybridized carbons (Fsp3) is 0.500. The number of halogens is 3. The maximum atomic E-state index is 13.2. The van der Waals surface area contributed by atoms with Crippen LogP contribution in [-0.4, -0.2) is 45.6 Å². The molecule has 0 aliphatic carbocycles. The lowest BCUT2D eigenvalue weighted by molar-refractivity contribution is -0.139. The van der Waals surface area contributed by atoms with E-state index in [1.165, 1.54) is 21.4 Å². The molecular formula is C14H17F3N6O2S. The summed E-state index contributed by atoms with van der Waals surface area (Å²) in [4.78, 5) is 7.26. The topological polar surface area (TPSA) is 107 Å². The summed E-state index contributed by atoms with van der Waals surface area (Å²) in [6.45, 7) is 0.173. The summed E-state index contributed by atoms with van der Waals surface area (Å²) >= 11 is 0. The van der Waals surface area contributed by atoms with Gasteiger partial charge in [0, 0.05) is 38.4 Å². The molecule has 12 heteroatoms. The average molecular weight is 390 g/mol. The van der Waals surface area contributed by atoms with Gasteiger partial charge in [0.25, 0.3) is 0 Å². The van der Waals surface area contributed by atoms with Crippen LogP contribution in [0.2, 0.25) is 0 Å². The quantitative estimate of drug-likeness (QED) is 0.849. The molecule has 0 bridgehead atoms. The third kappa shape index (κ3) is 3.51. The van der Waals surface area contributed by atoms with Gasteiger partial charge in [0.2, 0.25) is 16.0 Å².